The first-order chi connectivity index (χ1) is 15.0. The fourth-order valence-corrected chi connectivity index (χ4v) is 5.26. The molecule has 3 aromatic rings. The van der Waals surface area contributed by atoms with E-state index in [9.17, 15) is 0 Å². The van der Waals surface area contributed by atoms with Gasteiger partial charge in [-0.05, 0) is 55.5 Å². The molecule has 6 heteroatoms. The van der Waals surface area contributed by atoms with E-state index in [1.54, 1.807) is 11.3 Å². The minimum absolute atomic E-state index is 0.0837. The standard InChI is InChI=1S/C25H30ClN3OS/c1-5-17-13-29(14-17)15-19-8-7-9-21(20(19)6-2)25-28-27-24(31-25)18-10-11-23(22(26)12-18)30-16(3)4/h7-12,16-17H,5-6,13-15H2,1-4H3. The van der Waals surface area contributed by atoms with Gasteiger partial charge in [0.2, 0.25) is 0 Å². The smallest absolute Gasteiger partial charge is 0.148 e. The van der Waals surface area contributed by atoms with Crippen molar-refractivity contribution in [3.05, 3.63) is 52.5 Å². The average Bonchev–Trinajstić information content (AvgIpc) is 3.21. The van der Waals surface area contributed by atoms with Crippen LogP contribution in [0.2, 0.25) is 5.02 Å². The van der Waals surface area contributed by atoms with Crippen molar-refractivity contribution in [2.24, 2.45) is 5.92 Å². The molecule has 2 aromatic carbocycles. The molecular weight excluding hydrogens is 426 g/mol. The molecule has 0 amide bonds. The van der Waals surface area contributed by atoms with Gasteiger partial charge in [0, 0.05) is 30.8 Å². The highest BCUT2D eigenvalue weighted by atomic mass is 35.5. The quantitative estimate of drug-likeness (QED) is 0.378. The van der Waals surface area contributed by atoms with Crippen LogP contribution in [0.25, 0.3) is 21.1 Å². The van der Waals surface area contributed by atoms with E-state index >= 15 is 0 Å². The molecule has 0 bridgehead atoms. The zero-order valence-electron chi connectivity index (χ0n) is 18.7. The van der Waals surface area contributed by atoms with E-state index in [-0.39, 0.29) is 6.10 Å². The Morgan fingerprint density at radius 2 is 1.90 bits per heavy atom. The van der Waals surface area contributed by atoms with Crippen LogP contribution in [0.15, 0.2) is 36.4 Å². The van der Waals surface area contributed by atoms with Crippen LogP contribution in [0.3, 0.4) is 0 Å². The van der Waals surface area contributed by atoms with Crippen molar-refractivity contribution in [2.75, 3.05) is 13.1 Å². The third-order valence-electron chi connectivity index (χ3n) is 5.83. The first-order valence-corrected chi connectivity index (χ1v) is 12.3. The zero-order chi connectivity index (χ0) is 22.0. The predicted molar refractivity (Wildman–Crippen MR) is 130 cm³/mol. The summed E-state index contributed by atoms with van der Waals surface area (Å²) in [6.45, 7) is 11.9. The summed E-state index contributed by atoms with van der Waals surface area (Å²) in [4.78, 5) is 2.54. The summed E-state index contributed by atoms with van der Waals surface area (Å²) in [6.07, 6.45) is 2.35. The van der Waals surface area contributed by atoms with Crippen LogP contribution in [0.1, 0.15) is 45.2 Å². The number of nitrogens with zero attached hydrogens (tertiary/aromatic N) is 3. The van der Waals surface area contributed by atoms with Crippen molar-refractivity contribution < 1.29 is 4.74 Å². The van der Waals surface area contributed by atoms with Gasteiger partial charge in [0.05, 0.1) is 11.1 Å². The molecule has 4 rings (SSSR count). The van der Waals surface area contributed by atoms with Crippen molar-refractivity contribution >= 4 is 22.9 Å². The van der Waals surface area contributed by atoms with E-state index in [4.69, 9.17) is 16.3 Å². The molecule has 1 fully saturated rings. The molecule has 0 spiro atoms. The maximum Gasteiger partial charge on any atom is 0.148 e. The van der Waals surface area contributed by atoms with Crippen molar-refractivity contribution in [3.63, 3.8) is 0 Å². The summed E-state index contributed by atoms with van der Waals surface area (Å²) in [7, 11) is 0. The third kappa shape index (κ3) is 4.94. The molecule has 0 unspecified atom stereocenters. The lowest BCUT2D eigenvalue weighted by Gasteiger charge is -2.39. The van der Waals surface area contributed by atoms with Crippen molar-refractivity contribution in [1.29, 1.82) is 0 Å². The lowest BCUT2D eigenvalue weighted by atomic mass is 9.94. The number of hydrogen-bond acceptors (Lipinski definition) is 5. The Balaban J connectivity index is 1.57. The van der Waals surface area contributed by atoms with Crippen LogP contribution in [-0.4, -0.2) is 34.3 Å². The van der Waals surface area contributed by atoms with E-state index in [0.29, 0.717) is 10.8 Å². The summed E-state index contributed by atoms with van der Waals surface area (Å²) < 4.78 is 5.74. The summed E-state index contributed by atoms with van der Waals surface area (Å²) in [5.41, 5.74) is 4.95. The van der Waals surface area contributed by atoms with Crippen LogP contribution < -0.4 is 4.74 Å². The van der Waals surface area contributed by atoms with Crippen molar-refractivity contribution in [3.8, 4) is 26.9 Å². The fraction of sp³-hybridized carbons (Fsp3) is 0.440. The molecule has 2 heterocycles. The number of rotatable bonds is 8. The van der Waals surface area contributed by atoms with E-state index in [0.717, 1.165) is 34.5 Å². The molecule has 1 aliphatic heterocycles. The molecule has 0 saturated carbocycles. The lowest BCUT2D eigenvalue weighted by Crippen LogP contribution is -2.45. The minimum Gasteiger partial charge on any atom is -0.489 e. The maximum absolute atomic E-state index is 6.43. The monoisotopic (exact) mass is 455 g/mol. The molecule has 0 N–H and O–H groups in total. The van der Waals surface area contributed by atoms with Gasteiger partial charge in [-0.3, -0.25) is 4.90 Å². The summed E-state index contributed by atoms with van der Waals surface area (Å²) in [5.74, 6) is 1.56. The molecule has 31 heavy (non-hydrogen) atoms. The van der Waals surface area contributed by atoms with Gasteiger partial charge in [0.15, 0.2) is 0 Å². The number of aromatic nitrogens is 2. The maximum atomic E-state index is 6.43. The molecule has 4 nitrogen and oxygen atoms in total. The van der Waals surface area contributed by atoms with Crippen molar-refractivity contribution in [1.82, 2.24) is 15.1 Å². The number of halogens is 1. The Labute approximate surface area is 194 Å². The van der Waals surface area contributed by atoms with Gasteiger partial charge < -0.3 is 4.74 Å². The SMILES string of the molecule is CCc1c(CN2CC(CC)C2)cccc1-c1nnc(-c2ccc(OC(C)C)c(Cl)c2)s1. The highest BCUT2D eigenvalue weighted by molar-refractivity contribution is 7.17. The molecular formula is C25H30ClN3OS. The molecule has 0 aliphatic carbocycles. The Bertz CT molecular complexity index is 1040. The van der Waals surface area contributed by atoms with Crippen LogP contribution in [0, 0.1) is 5.92 Å². The van der Waals surface area contributed by atoms with Gasteiger partial charge in [0.1, 0.15) is 15.8 Å². The second kappa shape index (κ2) is 9.68. The summed E-state index contributed by atoms with van der Waals surface area (Å²) in [6, 6.07) is 12.4. The molecule has 1 saturated heterocycles. The normalized spacial score (nSPS) is 14.8. The predicted octanol–water partition coefficient (Wildman–Crippen LogP) is 6.72. The molecule has 1 aliphatic rings. The lowest BCUT2D eigenvalue weighted by molar-refractivity contribution is 0.0896. The number of benzene rings is 2. The minimum atomic E-state index is 0.0837. The molecule has 1 aromatic heterocycles. The van der Waals surface area contributed by atoms with E-state index in [1.165, 1.54) is 36.2 Å². The summed E-state index contributed by atoms with van der Waals surface area (Å²) in [5, 5.41) is 11.4. The zero-order valence-corrected chi connectivity index (χ0v) is 20.3. The highest BCUT2D eigenvalue weighted by Gasteiger charge is 2.25. The average molecular weight is 456 g/mol. The topological polar surface area (TPSA) is 38.2 Å². The van der Waals surface area contributed by atoms with E-state index < -0.39 is 0 Å². The Morgan fingerprint density at radius 3 is 2.58 bits per heavy atom. The summed E-state index contributed by atoms with van der Waals surface area (Å²) >= 11 is 8.04. The fourth-order valence-electron chi connectivity index (χ4n) is 4.14. The van der Waals surface area contributed by atoms with Crippen molar-refractivity contribution in [2.45, 2.75) is 53.2 Å². The van der Waals surface area contributed by atoms with E-state index in [2.05, 4.69) is 47.1 Å². The van der Waals surface area contributed by atoms with Crippen LogP contribution in [-0.2, 0) is 13.0 Å². The van der Waals surface area contributed by atoms with Gasteiger partial charge >= 0.3 is 0 Å². The number of hydrogen-bond donors (Lipinski definition) is 0. The number of likely N-dealkylation sites (tertiary alicyclic amines) is 1. The molecule has 0 atom stereocenters. The van der Waals surface area contributed by atoms with Gasteiger partial charge in [-0.25, -0.2) is 0 Å². The Hall–Kier alpha value is -1.95. The van der Waals surface area contributed by atoms with Crippen LogP contribution >= 0.6 is 22.9 Å². The second-order valence-corrected chi connectivity index (χ2v) is 9.87. The van der Waals surface area contributed by atoms with Gasteiger partial charge in [-0.15, -0.1) is 10.2 Å². The molecule has 0 radical (unpaired) electrons. The van der Waals surface area contributed by atoms with Gasteiger partial charge in [-0.2, -0.15) is 0 Å². The molecule has 164 valence electrons. The third-order valence-corrected chi connectivity index (χ3v) is 7.13. The first-order valence-electron chi connectivity index (χ1n) is 11.1. The second-order valence-electron chi connectivity index (χ2n) is 8.49. The van der Waals surface area contributed by atoms with E-state index in [1.807, 2.05) is 32.0 Å². The number of ether oxygens (including phenoxy) is 1. The van der Waals surface area contributed by atoms with Crippen LogP contribution in [0.5, 0.6) is 5.75 Å². The Morgan fingerprint density at radius 1 is 1.13 bits per heavy atom. The van der Waals surface area contributed by atoms with Gasteiger partial charge in [-0.1, -0.05) is 61.4 Å². The van der Waals surface area contributed by atoms with Gasteiger partial charge in [0.25, 0.3) is 0 Å². The van der Waals surface area contributed by atoms with Crippen LogP contribution in [0.4, 0.5) is 0 Å². The Kier molecular flexibility index (Phi) is 6.95. The first kappa shape index (κ1) is 22.3. The highest BCUT2D eigenvalue weighted by Crippen LogP contribution is 2.36. The largest absolute Gasteiger partial charge is 0.489 e.